The van der Waals surface area contributed by atoms with E-state index in [1.807, 2.05) is 12.1 Å². The monoisotopic (exact) mass is 314 g/mol. The van der Waals surface area contributed by atoms with E-state index in [4.69, 9.17) is 11.6 Å². The molecular weight excluding hydrogens is 300 g/mol. The van der Waals surface area contributed by atoms with Crippen molar-refractivity contribution in [1.82, 2.24) is 0 Å². The minimum atomic E-state index is -0.255. The molecule has 2 aromatic rings. The van der Waals surface area contributed by atoms with Crippen LogP contribution in [0.4, 0.5) is 11.4 Å². The summed E-state index contributed by atoms with van der Waals surface area (Å²) < 4.78 is 0. The number of carbonyl (C=O) groups is 2. The second kappa shape index (κ2) is 7.43. The molecule has 0 saturated carbocycles. The number of amides is 2. The number of nitrogens with one attached hydrogen (secondary N) is 2. The molecule has 0 heterocycles. The Labute approximate surface area is 133 Å². The van der Waals surface area contributed by atoms with Crippen LogP contribution in [0, 0.1) is 0 Å². The average Bonchev–Trinajstić information content (AvgIpc) is 2.46. The number of halogens is 1. The summed E-state index contributed by atoms with van der Waals surface area (Å²) >= 11 is 5.80. The predicted octanol–water partition coefficient (Wildman–Crippen LogP) is 3.95. The van der Waals surface area contributed by atoms with Crippen molar-refractivity contribution in [2.45, 2.75) is 6.92 Å². The summed E-state index contributed by atoms with van der Waals surface area (Å²) in [6.45, 7) is 1.43. The molecule has 0 bridgehead atoms. The second-order valence-electron chi connectivity index (χ2n) is 4.64. The minimum Gasteiger partial charge on any atom is -0.326 e. The molecule has 0 spiro atoms. The molecule has 112 valence electrons. The maximum absolute atomic E-state index is 11.9. The molecule has 4 nitrogen and oxygen atoms in total. The number of hydrogen-bond donors (Lipinski definition) is 2. The molecule has 5 heteroatoms. The fraction of sp³-hybridized carbons (Fsp3) is 0.0588. The third-order valence-corrected chi connectivity index (χ3v) is 3.00. The Morgan fingerprint density at radius 3 is 2.27 bits per heavy atom. The van der Waals surface area contributed by atoms with Gasteiger partial charge in [0.05, 0.1) is 0 Å². The molecule has 22 heavy (non-hydrogen) atoms. The highest BCUT2D eigenvalue weighted by atomic mass is 35.5. The average molecular weight is 315 g/mol. The van der Waals surface area contributed by atoms with Crippen LogP contribution >= 0.6 is 11.6 Å². The van der Waals surface area contributed by atoms with E-state index in [1.165, 1.54) is 13.0 Å². The Bertz CT molecular complexity index is 709. The third-order valence-electron chi connectivity index (χ3n) is 2.75. The summed E-state index contributed by atoms with van der Waals surface area (Å²) in [5.41, 5.74) is 2.12. The number of hydrogen-bond acceptors (Lipinski definition) is 2. The van der Waals surface area contributed by atoms with E-state index >= 15 is 0 Å². The normalized spacial score (nSPS) is 10.5. The Morgan fingerprint density at radius 2 is 1.64 bits per heavy atom. The van der Waals surface area contributed by atoms with Crippen molar-refractivity contribution in [1.29, 1.82) is 0 Å². The van der Waals surface area contributed by atoms with Gasteiger partial charge in [-0.05, 0) is 42.0 Å². The number of benzene rings is 2. The molecule has 0 radical (unpaired) electrons. The van der Waals surface area contributed by atoms with Crippen LogP contribution < -0.4 is 10.6 Å². The van der Waals surface area contributed by atoms with Gasteiger partial charge in [0.25, 0.3) is 0 Å². The van der Waals surface area contributed by atoms with E-state index in [0.717, 1.165) is 5.56 Å². The molecule has 0 fully saturated rings. The van der Waals surface area contributed by atoms with Gasteiger partial charge in [-0.15, -0.1) is 0 Å². The molecule has 2 amide bonds. The molecule has 0 aromatic heterocycles. The van der Waals surface area contributed by atoms with Gasteiger partial charge in [-0.1, -0.05) is 29.8 Å². The van der Waals surface area contributed by atoms with Crippen LogP contribution in [0.3, 0.4) is 0 Å². The SMILES string of the molecule is CC(=O)Nc1cccc(NC(=O)C=Cc2ccc(Cl)cc2)c1. The summed E-state index contributed by atoms with van der Waals surface area (Å²) in [7, 11) is 0. The van der Waals surface area contributed by atoms with E-state index in [9.17, 15) is 9.59 Å². The predicted molar refractivity (Wildman–Crippen MR) is 89.9 cm³/mol. The highest BCUT2D eigenvalue weighted by Crippen LogP contribution is 2.15. The highest BCUT2D eigenvalue weighted by molar-refractivity contribution is 6.30. The second-order valence-corrected chi connectivity index (χ2v) is 5.07. The van der Waals surface area contributed by atoms with Crippen LogP contribution in [0.5, 0.6) is 0 Å². The van der Waals surface area contributed by atoms with Gasteiger partial charge < -0.3 is 10.6 Å². The standard InChI is InChI=1S/C17H15ClN2O2/c1-12(21)19-15-3-2-4-16(11-15)20-17(22)10-7-13-5-8-14(18)9-6-13/h2-11H,1H3,(H,19,21)(H,20,22). The Kier molecular flexibility index (Phi) is 5.33. The van der Waals surface area contributed by atoms with Gasteiger partial charge in [-0.3, -0.25) is 9.59 Å². The number of rotatable bonds is 4. The largest absolute Gasteiger partial charge is 0.326 e. The lowest BCUT2D eigenvalue weighted by atomic mass is 10.2. The zero-order valence-corrected chi connectivity index (χ0v) is 12.7. The lowest BCUT2D eigenvalue weighted by Gasteiger charge is -2.06. The molecule has 2 rings (SSSR count). The van der Waals surface area contributed by atoms with Crippen molar-refractivity contribution in [3.05, 3.63) is 65.2 Å². The van der Waals surface area contributed by atoms with E-state index < -0.39 is 0 Å². The van der Waals surface area contributed by atoms with E-state index in [0.29, 0.717) is 16.4 Å². The zero-order valence-electron chi connectivity index (χ0n) is 12.0. The Morgan fingerprint density at radius 1 is 1.00 bits per heavy atom. The Hall–Kier alpha value is -2.59. The van der Waals surface area contributed by atoms with Crippen molar-refractivity contribution in [2.75, 3.05) is 10.6 Å². The van der Waals surface area contributed by atoms with Crippen molar-refractivity contribution in [3.63, 3.8) is 0 Å². The minimum absolute atomic E-state index is 0.161. The molecule has 0 atom stereocenters. The van der Waals surface area contributed by atoms with Gasteiger partial charge in [0.2, 0.25) is 11.8 Å². The molecule has 0 aliphatic rings. The zero-order chi connectivity index (χ0) is 15.9. The lowest BCUT2D eigenvalue weighted by Crippen LogP contribution is -2.09. The lowest BCUT2D eigenvalue weighted by molar-refractivity contribution is -0.114. The van der Waals surface area contributed by atoms with E-state index in [-0.39, 0.29) is 11.8 Å². The molecule has 0 saturated heterocycles. The highest BCUT2D eigenvalue weighted by Gasteiger charge is 2.00. The van der Waals surface area contributed by atoms with Gasteiger partial charge in [0.1, 0.15) is 0 Å². The fourth-order valence-electron chi connectivity index (χ4n) is 1.81. The quantitative estimate of drug-likeness (QED) is 0.839. The molecule has 0 unspecified atom stereocenters. The van der Waals surface area contributed by atoms with Crippen molar-refractivity contribution >= 4 is 40.9 Å². The third kappa shape index (κ3) is 5.07. The molecular formula is C17H15ClN2O2. The van der Waals surface area contributed by atoms with Gasteiger partial charge in [-0.2, -0.15) is 0 Å². The van der Waals surface area contributed by atoms with Crippen LogP contribution in [0.15, 0.2) is 54.6 Å². The van der Waals surface area contributed by atoms with Gasteiger partial charge in [0.15, 0.2) is 0 Å². The molecule has 2 aromatic carbocycles. The first-order chi connectivity index (χ1) is 10.5. The maximum Gasteiger partial charge on any atom is 0.248 e. The Balaban J connectivity index is 1.99. The summed E-state index contributed by atoms with van der Waals surface area (Å²) in [5, 5.41) is 6.04. The van der Waals surface area contributed by atoms with Crippen LogP contribution in [0.2, 0.25) is 5.02 Å². The number of anilines is 2. The molecule has 2 N–H and O–H groups in total. The van der Waals surface area contributed by atoms with Crippen LogP contribution in [0.25, 0.3) is 6.08 Å². The summed E-state index contributed by atoms with van der Waals surface area (Å²) in [6.07, 6.45) is 3.14. The topological polar surface area (TPSA) is 58.2 Å². The van der Waals surface area contributed by atoms with Crippen molar-refractivity contribution < 1.29 is 9.59 Å². The maximum atomic E-state index is 11.9. The van der Waals surface area contributed by atoms with Crippen LogP contribution in [-0.4, -0.2) is 11.8 Å². The van der Waals surface area contributed by atoms with Crippen LogP contribution in [0.1, 0.15) is 12.5 Å². The van der Waals surface area contributed by atoms with E-state index in [2.05, 4.69) is 10.6 Å². The first-order valence-corrected chi connectivity index (χ1v) is 7.03. The van der Waals surface area contributed by atoms with Crippen LogP contribution in [-0.2, 0) is 9.59 Å². The van der Waals surface area contributed by atoms with Gasteiger partial charge >= 0.3 is 0 Å². The van der Waals surface area contributed by atoms with Crippen molar-refractivity contribution in [2.24, 2.45) is 0 Å². The first kappa shape index (κ1) is 15.8. The van der Waals surface area contributed by atoms with E-state index in [1.54, 1.807) is 42.5 Å². The summed E-state index contributed by atoms with van der Waals surface area (Å²) in [5.74, 6) is -0.416. The summed E-state index contributed by atoms with van der Waals surface area (Å²) in [4.78, 5) is 22.9. The summed E-state index contributed by atoms with van der Waals surface area (Å²) in [6, 6.07) is 14.1. The smallest absolute Gasteiger partial charge is 0.248 e. The fourth-order valence-corrected chi connectivity index (χ4v) is 1.93. The van der Waals surface area contributed by atoms with Gasteiger partial charge in [0, 0.05) is 29.4 Å². The first-order valence-electron chi connectivity index (χ1n) is 6.65. The number of carbonyl (C=O) groups excluding carboxylic acids is 2. The molecule has 0 aliphatic heterocycles. The van der Waals surface area contributed by atoms with Crippen molar-refractivity contribution in [3.8, 4) is 0 Å². The van der Waals surface area contributed by atoms with Gasteiger partial charge in [-0.25, -0.2) is 0 Å². The molecule has 0 aliphatic carbocycles.